The summed E-state index contributed by atoms with van der Waals surface area (Å²) in [4.78, 5) is 0. The number of hydrogen-bond acceptors (Lipinski definition) is 3. The smallest absolute Gasteiger partial charge is 0.152 e. The number of aromatic nitrogens is 1. The minimum Gasteiger partial charge on any atom is -0.333 e. The lowest BCUT2D eigenvalue weighted by Crippen LogP contribution is -2.32. The van der Waals surface area contributed by atoms with Gasteiger partial charge in [-0.2, -0.15) is 0 Å². The van der Waals surface area contributed by atoms with Crippen LogP contribution in [0.4, 0.5) is 0 Å². The molecule has 1 aromatic heterocycles. The monoisotopic (exact) mass is 358 g/mol. The molecule has 2 unspecified atom stereocenters. The summed E-state index contributed by atoms with van der Waals surface area (Å²) in [6.07, 6.45) is 2.12. The molecule has 25 heavy (non-hydrogen) atoms. The number of nitrogens with two attached hydrogens (primary N) is 1. The standard InChI is InChI=1S/C20H26N2O2S/c1-5-20(24-25(4)23)19(12-21)22-17-8-6-13(2)10-15(17)16-11-14(3)7-9-18(16)22/h6-11,19-20H,5,12,21H2,1-4H3/t19-,20?,25?/m0/s1. The van der Waals surface area contributed by atoms with Crippen LogP contribution in [0.3, 0.4) is 0 Å². The maximum Gasteiger partial charge on any atom is 0.152 e. The maximum atomic E-state index is 11.7. The highest BCUT2D eigenvalue weighted by Crippen LogP contribution is 2.35. The summed E-state index contributed by atoms with van der Waals surface area (Å²) in [5, 5.41) is 2.45. The molecule has 0 fully saturated rings. The van der Waals surface area contributed by atoms with Crippen molar-refractivity contribution in [3.8, 4) is 0 Å². The summed E-state index contributed by atoms with van der Waals surface area (Å²) in [6, 6.07) is 12.9. The molecule has 0 aliphatic carbocycles. The second-order valence-electron chi connectivity index (χ2n) is 6.66. The van der Waals surface area contributed by atoms with Gasteiger partial charge in [0.05, 0.1) is 12.1 Å². The van der Waals surface area contributed by atoms with Gasteiger partial charge in [-0.15, -0.1) is 0 Å². The Bertz CT molecular complexity index is 873. The van der Waals surface area contributed by atoms with Gasteiger partial charge in [0, 0.05) is 34.6 Å². The minimum absolute atomic E-state index is 0.0701. The van der Waals surface area contributed by atoms with Crippen LogP contribution in [0.15, 0.2) is 36.4 Å². The number of nitrogens with zero attached hydrogens (tertiary/aromatic N) is 1. The Kier molecular flexibility index (Phi) is 5.27. The van der Waals surface area contributed by atoms with Gasteiger partial charge < -0.3 is 10.3 Å². The fourth-order valence-electron chi connectivity index (χ4n) is 3.64. The summed E-state index contributed by atoms with van der Waals surface area (Å²) in [5.74, 6) is 0. The van der Waals surface area contributed by atoms with Crippen LogP contribution >= 0.6 is 0 Å². The van der Waals surface area contributed by atoms with Crippen LogP contribution < -0.4 is 5.73 Å². The topological polar surface area (TPSA) is 57.2 Å². The van der Waals surface area contributed by atoms with E-state index in [9.17, 15) is 4.21 Å². The van der Waals surface area contributed by atoms with E-state index in [1.54, 1.807) is 6.26 Å². The van der Waals surface area contributed by atoms with Gasteiger partial charge in [0.25, 0.3) is 0 Å². The van der Waals surface area contributed by atoms with Crippen molar-refractivity contribution in [3.05, 3.63) is 47.5 Å². The molecule has 0 amide bonds. The van der Waals surface area contributed by atoms with E-state index in [1.165, 1.54) is 21.9 Å². The van der Waals surface area contributed by atoms with E-state index in [1.807, 2.05) is 6.92 Å². The number of fused-ring (bicyclic) bond motifs is 3. The third-order valence-corrected chi connectivity index (χ3v) is 5.30. The molecule has 0 spiro atoms. The molecule has 0 bridgehead atoms. The van der Waals surface area contributed by atoms with Gasteiger partial charge in [-0.05, 0) is 44.5 Å². The third kappa shape index (κ3) is 3.36. The zero-order valence-electron chi connectivity index (χ0n) is 15.3. The van der Waals surface area contributed by atoms with Gasteiger partial charge >= 0.3 is 0 Å². The van der Waals surface area contributed by atoms with E-state index < -0.39 is 11.1 Å². The molecule has 3 aromatic rings. The molecular weight excluding hydrogens is 332 g/mol. The Labute approximate surface area is 151 Å². The van der Waals surface area contributed by atoms with Gasteiger partial charge in [-0.1, -0.05) is 30.2 Å². The molecule has 2 aromatic carbocycles. The van der Waals surface area contributed by atoms with E-state index in [-0.39, 0.29) is 12.1 Å². The van der Waals surface area contributed by atoms with Crippen LogP contribution in [-0.4, -0.2) is 27.7 Å². The van der Waals surface area contributed by atoms with Crippen LogP contribution in [0.25, 0.3) is 21.8 Å². The molecule has 0 saturated carbocycles. The van der Waals surface area contributed by atoms with Gasteiger partial charge in [0.1, 0.15) is 0 Å². The summed E-state index contributed by atoms with van der Waals surface area (Å²) in [7, 11) is 0. The lowest BCUT2D eigenvalue weighted by molar-refractivity contribution is 0.160. The predicted molar refractivity (Wildman–Crippen MR) is 106 cm³/mol. The number of rotatable bonds is 6. The first kappa shape index (κ1) is 18.1. The fourth-order valence-corrected chi connectivity index (χ4v) is 4.25. The summed E-state index contributed by atoms with van der Waals surface area (Å²) in [5.41, 5.74) is 10.9. The molecule has 4 nitrogen and oxygen atoms in total. The Morgan fingerprint density at radius 3 is 2.00 bits per heavy atom. The molecule has 134 valence electrons. The molecule has 1 heterocycles. The maximum absolute atomic E-state index is 11.7. The quantitative estimate of drug-likeness (QED) is 0.724. The van der Waals surface area contributed by atoms with E-state index in [2.05, 4.69) is 54.8 Å². The van der Waals surface area contributed by atoms with Crippen LogP contribution in [0, 0.1) is 13.8 Å². The summed E-state index contributed by atoms with van der Waals surface area (Å²) < 4.78 is 19.6. The largest absolute Gasteiger partial charge is 0.333 e. The second-order valence-corrected chi connectivity index (χ2v) is 7.65. The Balaban J connectivity index is 2.30. The van der Waals surface area contributed by atoms with Crippen LogP contribution in [0.5, 0.6) is 0 Å². The van der Waals surface area contributed by atoms with Gasteiger partial charge in [0.15, 0.2) is 11.1 Å². The first-order chi connectivity index (χ1) is 12.0. The van der Waals surface area contributed by atoms with Crippen LogP contribution in [0.1, 0.15) is 30.5 Å². The highest BCUT2D eigenvalue weighted by atomic mass is 32.2. The van der Waals surface area contributed by atoms with Crippen LogP contribution in [0.2, 0.25) is 0 Å². The van der Waals surface area contributed by atoms with Gasteiger partial charge in [-0.25, -0.2) is 4.21 Å². The summed E-state index contributed by atoms with van der Waals surface area (Å²) >= 11 is -1.32. The third-order valence-electron chi connectivity index (χ3n) is 4.78. The fraction of sp³-hybridized carbons (Fsp3) is 0.400. The highest BCUT2D eigenvalue weighted by molar-refractivity contribution is 7.79. The molecule has 0 aliphatic rings. The van der Waals surface area contributed by atoms with Crippen molar-refractivity contribution in [1.82, 2.24) is 4.57 Å². The average molecular weight is 359 g/mol. The Hall–Kier alpha value is -1.69. The highest BCUT2D eigenvalue weighted by Gasteiger charge is 2.26. The lowest BCUT2D eigenvalue weighted by atomic mass is 10.1. The zero-order chi connectivity index (χ0) is 18.1. The molecule has 0 radical (unpaired) electrons. The van der Waals surface area contributed by atoms with Crippen molar-refractivity contribution in [2.75, 3.05) is 12.8 Å². The number of hydrogen-bond donors (Lipinski definition) is 1. The first-order valence-electron chi connectivity index (χ1n) is 8.67. The molecule has 3 atom stereocenters. The van der Waals surface area contributed by atoms with Crippen molar-refractivity contribution in [1.29, 1.82) is 0 Å². The minimum atomic E-state index is -1.32. The van der Waals surface area contributed by atoms with Crippen molar-refractivity contribution >= 4 is 32.9 Å². The normalized spacial score (nSPS) is 15.6. The molecule has 0 aliphatic heterocycles. The SMILES string of the molecule is CCC(OS(C)=O)[C@H](CN)n1c2ccc(C)cc2c2cc(C)ccc21. The van der Waals surface area contributed by atoms with Gasteiger partial charge in [-0.3, -0.25) is 4.18 Å². The van der Waals surface area contributed by atoms with E-state index in [4.69, 9.17) is 9.92 Å². The zero-order valence-corrected chi connectivity index (χ0v) is 16.1. The van der Waals surface area contributed by atoms with Crippen molar-refractivity contribution in [2.45, 2.75) is 39.3 Å². The molecule has 5 heteroatoms. The Morgan fingerprint density at radius 1 is 1.08 bits per heavy atom. The average Bonchev–Trinajstić information content (AvgIpc) is 2.87. The van der Waals surface area contributed by atoms with Crippen molar-refractivity contribution in [3.63, 3.8) is 0 Å². The van der Waals surface area contributed by atoms with E-state index >= 15 is 0 Å². The van der Waals surface area contributed by atoms with Crippen LogP contribution in [-0.2, 0) is 15.3 Å². The second kappa shape index (κ2) is 7.28. The first-order valence-corrected chi connectivity index (χ1v) is 10.2. The summed E-state index contributed by atoms with van der Waals surface area (Å²) in [6.45, 7) is 6.69. The van der Waals surface area contributed by atoms with Crippen molar-refractivity contribution in [2.24, 2.45) is 5.73 Å². The number of aryl methyl sites for hydroxylation is 2. The molecular formula is C20H26N2O2S. The Morgan fingerprint density at radius 2 is 1.60 bits per heavy atom. The number of benzene rings is 2. The van der Waals surface area contributed by atoms with Crippen molar-refractivity contribution < 1.29 is 8.39 Å². The predicted octanol–water partition coefficient (Wildman–Crippen LogP) is 4.00. The van der Waals surface area contributed by atoms with E-state index in [0.29, 0.717) is 6.54 Å². The van der Waals surface area contributed by atoms with Gasteiger partial charge in [0.2, 0.25) is 0 Å². The molecule has 0 saturated heterocycles. The van der Waals surface area contributed by atoms with E-state index in [0.717, 1.165) is 17.5 Å². The molecule has 3 rings (SSSR count). The lowest BCUT2D eigenvalue weighted by Gasteiger charge is -2.27. The molecule has 2 N–H and O–H groups in total.